The number of nitrogens with one attached hydrogen (secondary N) is 2. The first kappa shape index (κ1) is 10.5. The minimum atomic E-state index is 0.142. The van der Waals surface area contributed by atoms with Crippen LogP contribution in [0.3, 0.4) is 0 Å². The van der Waals surface area contributed by atoms with Crippen molar-refractivity contribution in [3.63, 3.8) is 0 Å². The zero-order valence-electron chi connectivity index (χ0n) is 8.65. The third-order valence-corrected chi connectivity index (χ3v) is 2.93. The lowest BCUT2D eigenvalue weighted by Crippen LogP contribution is -2.54. The maximum absolute atomic E-state index is 11.4. The van der Waals surface area contributed by atoms with E-state index in [0.29, 0.717) is 6.54 Å². The van der Waals surface area contributed by atoms with E-state index in [1.807, 2.05) is 6.92 Å². The third kappa shape index (κ3) is 2.69. The van der Waals surface area contributed by atoms with Gasteiger partial charge in [0, 0.05) is 5.54 Å². The van der Waals surface area contributed by atoms with Gasteiger partial charge >= 0.3 is 0 Å². The molecule has 2 N–H and O–H groups in total. The van der Waals surface area contributed by atoms with Crippen LogP contribution in [0.5, 0.6) is 0 Å². The van der Waals surface area contributed by atoms with Gasteiger partial charge in [-0.05, 0) is 32.2 Å². The minimum absolute atomic E-state index is 0.142. The third-order valence-electron chi connectivity index (χ3n) is 2.93. The van der Waals surface area contributed by atoms with E-state index >= 15 is 0 Å². The molecule has 76 valence electrons. The molecular weight excluding hydrogens is 164 g/mol. The quantitative estimate of drug-likeness (QED) is 0.670. The van der Waals surface area contributed by atoms with Gasteiger partial charge in [-0.1, -0.05) is 13.8 Å². The molecule has 0 unspecified atom stereocenters. The first-order valence-electron chi connectivity index (χ1n) is 5.24. The fourth-order valence-corrected chi connectivity index (χ4v) is 1.75. The first-order chi connectivity index (χ1) is 6.22. The highest BCUT2D eigenvalue weighted by atomic mass is 16.2. The Bertz CT molecular complexity index is 170. The number of carbonyl (C=O) groups excluding carboxylic acids is 1. The molecular formula is C10H20N2O. The van der Waals surface area contributed by atoms with Crippen LogP contribution in [-0.4, -0.2) is 24.5 Å². The summed E-state index contributed by atoms with van der Waals surface area (Å²) in [7, 11) is 0. The highest BCUT2D eigenvalue weighted by molar-refractivity contribution is 5.79. The molecule has 1 saturated carbocycles. The van der Waals surface area contributed by atoms with Crippen LogP contribution in [-0.2, 0) is 4.79 Å². The Hall–Kier alpha value is -0.570. The van der Waals surface area contributed by atoms with Crippen LogP contribution >= 0.6 is 0 Å². The van der Waals surface area contributed by atoms with Crippen LogP contribution < -0.4 is 10.6 Å². The Morgan fingerprint density at radius 3 is 2.46 bits per heavy atom. The summed E-state index contributed by atoms with van der Waals surface area (Å²) in [6, 6.07) is 0. The van der Waals surface area contributed by atoms with Gasteiger partial charge in [0.2, 0.25) is 5.91 Å². The Balaban J connectivity index is 2.25. The lowest BCUT2D eigenvalue weighted by atomic mass is 9.75. The molecule has 1 rings (SSSR count). The van der Waals surface area contributed by atoms with E-state index in [1.54, 1.807) is 0 Å². The first-order valence-corrected chi connectivity index (χ1v) is 5.24. The molecule has 0 bridgehead atoms. The molecule has 0 aromatic rings. The van der Waals surface area contributed by atoms with Gasteiger partial charge in [0.05, 0.1) is 6.54 Å². The Morgan fingerprint density at radius 2 is 2.08 bits per heavy atom. The summed E-state index contributed by atoms with van der Waals surface area (Å²) >= 11 is 0. The number of carbonyl (C=O) groups is 1. The van der Waals surface area contributed by atoms with Gasteiger partial charge in [-0.25, -0.2) is 0 Å². The van der Waals surface area contributed by atoms with E-state index in [4.69, 9.17) is 0 Å². The lowest BCUT2D eigenvalue weighted by molar-refractivity contribution is -0.123. The van der Waals surface area contributed by atoms with Gasteiger partial charge in [0.15, 0.2) is 0 Å². The van der Waals surface area contributed by atoms with Gasteiger partial charge < -0.3 is 10.6 Å². The molecule has 13 heavy (non-hydrogen) atoms. The van der Waals surface area contributed by atoms with Crippen molar-refractivity contribution in [1.29, 1.82) is 0 Å². The van der Waals surface area contributed by atoms with E-state index in [-0.39, 0.29) is 11.4 Å². The lowest BCUT2D eigenvalue weighted by Gasteiger charge is -2.42. The number of likely N-dealkylation sites (N-methyl/N-ethyl adjacent to an activating group) is 1. The van der Waals surface area contributed by atoms with Crippen LogP contribution in [0.2, 0.25) is 0 Å². The zero-order chi connectivity index (χ0) is 9.73. The molecule has 3 nitrogen and oxygen atoms in total. The number of amides is 1. The summed E-state index contributed by atoms with van der Waals surface area (Å²) in [5.74, 6) is 0.142. The predicted molar refractivity (Wildman–Crippen MR) is 53.6 cm³/mol. The maximum Gasteiger partial charge on any atom is 0.234 e. The van der Waals surface area contributed by atoms with Crippen molar-refractivity contribution < 1.29 is 4.79 Å². The molecule has 0 atom stereocenters. The Labute approximate surface area is 80.3 Å². The van der Waals surface area contributed by atoms with Crippen LogP contribution in [0.1, 0.15) is 39.5 Å². The second-order valence-electron chi connectivity index (χ2n) is 3.82. The fourth-order valence-electron chi connectivity index (χ4n) is 1.75. The standard InChI is InChI=1S/C10H20N2O/c1-3-10(6-5-7-10)12-9(13)8-11-4-2/h11H,3-8H2,1-2H3,(H,12,13). The molecule has 0 spiro atoms. The highest BCUT2D eigenvalue weighted by Gasteiger charge is 2.35. The summed E-state index contributed by atoms with van der Waals surface area (Å²) in [6.07, 6.45) is 4.63. The molecule has 1 amide bonds. The highest BCUT2D eigenvalue weighted by Crippen LogP contribution is 2.34. The molecule has 1 aliphatic rings. The molecule has 3 heteroatoms. The van der Waals surface area contributed by atoms with Crippen molar-refractivity contribution in [2.45, 2.75) is 45.1 Å². The van der Waals surface area contributed by atoms with Gasteiger partial charge in [-0.15, -0.1) is 0 Å². The smallest absolute Gasteiger partial charge is 0.234 e. The molecule has 0 saturated heterocycles. The van der Waals surface area contributed by atoms with E-state index < -0.39 is 0 Å². The molecule has 0 aromatic carbocycles. The van der Waals surface area contributed by atoms with Crippen molar-refractivity contribution in [2.24, 2.45) is 0 Å². The normalized spacial score (nSPS) is 19.2. The summed E-state index contributed by atoms with van der Waals surface area (Å²) < 4.78 is 0. The second-order valence-corrected chi connectivity index (χ2v) is 3.82. The number of rotatable bonds is 5. The molecule has 1 fully saturated rings. The Morgan fingerprint density at radius 1 is 1.38 bits per heavy atom. The molecule has 0 radical (unpaired) electrons. The van der Waals surface area contributed by atoms with Crippen LogP contribution in [0.25, 0.3) is 0 Å². The van der Waals surface area contributed by atoms with E-state index in [1.165, 1.54) is 6.42 Å². The summed E-state index contributed by atoms with van der Waals surface area (Å²) in [5, 5.41) is 6.14. The van der Waals surface area contributed by atoms with Crippen LogP contribution in [0, 0.1) is 0 Å². The van der Waals surface area contributed by atoms with Crippen molar-refractivity contribution in [3.05, 3.63) is 0 Å². The Kier molecular flexibility index (Phi) is 3.72. The van der Waals surface area contributed by atoms with Crippen molar-refractivity contribution in [2.75, 3.05) is 13.1 Å². The van der Waals surface area contributed by atoms with Gasteiger partial charge in [-0.3, -0.25) is 4.79 Å². The average Bonchev–Trinajstić information content (AvgIpc) is 2.08. The van der Waals surface area contributed by atoms with Crippen LogP contribution in [0.4, 0.5) is 0 Å². The average molecular weight is 184 g/mol. The van der Waals surface area contributed by atoms with Crippen molar-refractivity contribution in [1.82, 2.24) is 10.6 Å². The molecule has 0 aromatic heterocycles. The monoisotopic (exact) mass is 184 g/mol. The number of hydrogen-bond acceptors (Lipinski definition) is 2. The molecule has 0 heterocycles. The van der Waals surface area contributed by atoms with Crippen molar-refractivity contribution >= 4 is 5.91 Å². The van der Waals surface area contributed by atoms with E-state index in [9.17, 15) is 4.79 Å². The van der Waals surface area contributed by atoms with Gasteiger partial charge in [0.1, 0.15) is 0 Å². The summed E-state index contributed by atoms with van der Waals surface area (Å²) in [5.41, 5.74) is 0.145. The summed E-state index contributed by atoms with van der Waals surface area (Å²) in [4.78, 5) is 11.4. The largest absolute Gasteiger partial charge is 0.350 e. The van der Waals surface area contributed by atoms with E-state index in [0.717, 1.165) is 25.8 Å². The van der Waals surface area contributed by atoms with Crippen LogP contribution in [0.15, 0.2) is 0 Å². The van der Waals surface area contributed by atoms with Gasteiger partial charge in [-0.2, -0.15) is 0 Å². The van der Waals surface area contributed by atoms with Gasteiger partial charge in [0.25, 0.3) is 0 Å². The summed E-state index contributed by atoms with van der Waals surface area (Å²) in [6.45, 7) is 5.46. The zero-order valence-corrected chi connectivity index (χ0v) is 8.65. The molecule has 1 aliphatic carbocycles. The fraction of sp³-hybridized carbons (Fsp3) is 0.900. The van der Waals surface area contributed by atoms with Crippen molar-refractivity contribution in [3.8, 4) is 0 Å². The number of hydrogen-bond donors (Lipinski definition) is 2. The second kappa shape index (κ2) is 4.61. The maximum atomic E-state index is 11.4. The topological polar surface area (TPSA) is 41.1 Å². The minimum Gasteiger partial charge on any atom is -0.350 e. The molecule has 0 aliphatic heterocycles. The predicted octanol–water partition coefficient (Wildman–Crippen LogP) is 1.04. The SMILES string of the molecule is CCNCC(=O)NC1(CC)CCC1. The van der Waals surface area contributed by atoms with E-state index in [2.05, 4.69) is 17.6 Å².